The number of aromatic nitrogens is 2. The minimum atomic E-state index is -0.0275. The second-order valence-electron chi connectivity index (χ2n) is 2.89. The lowest BCUT2D eigenvalue weighted by Gasteiger charge is -2.06. The largest absolute Gasteiger partial charge is 0.296 e. The van der Waals surface area contributed by atoms with Crippen LogP contribution in [0.2, 0.25) is 0 Å². The molecule has 0 atom stereocenters. The third-order valence-corrected chi connectivity index (χ3v) is 1.81. The number of hydrogen-bond donors (Lipinski definition) is 0. The van der Waals surface area contributed by atoms with Gasteiger partial charge in [-0.2, -0.15) is 0 Å². The first-order valence-corrected chi connectivity index (χ1v) is 4.13. The summed E-state index contributed by atoms with van der Waals surface area (Å²) < 4.78 is 1.59. The van der Waals surface area contributed by atoms with Crippen LogP contribution in [-0.4, -0.2) is 9.55 Å². The molecule has 1 heterocycles. The normalized spacial score (nSPS) is 9.62. The minimum Gasteiger partial charge on any atom is -0.296 e. The summed E-state index contributed by atoms with van der Waals surface area (Å²) in [6, 6.07) is 1.52. The summed E-state index contributed by atoms with van der Waals surface area (Å²) in [5.74, 6) is 3.22. The van der Waals surface area contributed by atoms with Crippen LogP contribution in [-0.2, 0) is 6.54 Å². The van der Waals surface area contributed by atoms with Crippen LogP contribution in [0.5, 0.6) is 0 Å². The first-order valence-electron chi connectivity index (χ1n) is 4.13. The molecule has 0 saturated carbocycles. The highest BCUT2D eigenvalue weighted by molar-refractivity contribution is 5.02. The zero-order valence-electron chi connectivity index (χ0n) is 7.87. The zero-order chi connectivity index (χ0) is 9.84. The number of aryl methyl sites for hydroxylation is 2. The van der Waals surface area contributed by atoms with E-state index in [1.54, 1.807) is 11.5 Å². The lowest BCUT2D eigenvalue weighted by Crippen LogP contribution is -2.23. The molecule has 3 heteroatoms. The Morgan fingerprint density at radius 1 is 1.62 bits per heavy atom. The highest BCUT2D eigenvalue weighted by atomic mass is 16.1. The smallest absolute Gasteiger partial charge is 0.253 e. The van der Waals surface area contributed by atoms with Crippen molar-refractivity contribution in [2.75, 3.05) is 0 Å². The average Bonchev–Trinajstić information content (AvgIpc) is 2.02. The molecule has 3 nitrogen and oxygen atoms in total. The van der Waals surface area contributed by atoms with Gasteiger partial charge in [0.15, 0.2) is 0 Å². The lowest BCUT2D eigenvalue weighted by molar-refractivity contribution is 0.641. The number of nitrogens with zero attached hydrogens (tertiary/aromatic N) is 2. The molecule has 0 saturated heterocycles. The van der Waals surface area contributed by atoms with E-state index >= 15 is 0 Å². The highest BCUT2D eigenvalue weighted by Crippen LogP contribution is 1.94. The van der Waals surface area contributed by atoms with Crippen LogP contribution in [0, 0.1) is 26.2 Å². The molecular formula is C10H12N2O. The topological polar surface area (TPSA) is 34.9 Å². The van der Waals surface area contributed by atoms with Crippen molar-refractivity contribution in [3.63, 3.8) is 0 Å². The fourth-order valence-electron chi connectivity index (χ4n) is 1.21. The summed E-state index contributed by atoms with van der Waals surface area (Å²) in [6.07, 6.45) is 5.68. The highest BCUT2D eigenvalue weighted by Gasteiger charge is 2.00. The molecule has 1 aromatic heterocycles. The Balaban J connectivity index is 3.08. The van der Waals surface area contributed by atoms with Gasteiger partial charge in [-0.1, -0.05) is 0 Å². The van der Waals surface area contributed by atoms with Crippen molar-refractivity contribution >= 4 is 0 Å². The zero-order valence-corrected chi connectivity index (χ0v) is 7.87. The molecule has 0 N–H and O–H groups in total. The van der Waals surface area contributed by atoms with Crippen molar-refractivity contribution in [2.24, 2.45) is 0 Å². The summed E-state index contributed by atoms with van der Waals surface area (Å²) in [4.78, 5) is 15.6. The Labute approximate surface area is 77.4 Å². The Bertz CT molecular complexity index is 398. The number of terminal acetylenes is 1. The van der Waals surface area contributed by atoms with Gasteiger partial charge in [-0.15, -0.1) is 12.3 Å². The van der Waals surface area contributed by atoms with Gasteiger partial charge in [-0.25, -0.2) is 4.98 Å². The molecule has 13 heavy (non-hydrogen) atoms. The van der Waals surface area contributed by atoms with Crippen LogP contribution in [0.15, 0.2) is 10.9 Å². The van der Waals surface area contributed by atoms with E-state index in [1.165, 1.54) is 6.07 Å². The second-order valence-corrected chi connectivity index (χ2v) is 2.89. The van der Waals surface area contributed by atoms with Crippen LogP contribution in [0.1, 0.15) is 17.9 Å². The Kier molecular flexibility index (Phi) is 2.86. The first-order chi connectivity index (χ1) is 6.15. The van der Waals surface area contributed by atoms with Gasteiger partial charge in [0.2, 0.25) is 0 Å². The van der Waals surface area contributed by atoms with Gasteiger partial charge in [0.25, 0.3) is 5.56 Å². The van der Waals surface area contributed by atoms with Crippen molar-refractivity contribution < 1.29 is 0 Å². The van der Waals surface area contributed by atoms with Crippen molar-refractivity contribution in [2.45, 2.75) is 26.8 Å². The molecule has 1 aromatic rings. The van der Waals surface area contributed by atoms with Crippen molar-refractivity contribution in [1.82, 2.24) is 9.55 Å². The molecule has 0 aromatic carbocycles. The predicted octanol–water partition coefficient (Wildman–Crippen LogP) is 0.883. The summed E-state index contributed by atoms with van der Waals surface area (Å²) >= 11 is 0. The molecule has 0 aliphatic carbocycles. The van der Waals surface area contributed by atoms with Gasteiger partial charge >= 0.3 is 0 Å². The summed E-state index contributed by atoms with van der Waals surface area (Å²) in [6.45, 7) is 4.17. The van der Waals surface area contributed by atoms with Crippen molar-refractivity contribution in [1.29, 1.82) is 0 Å². The van der Waals surface area contributed by atoms with Crippen molar-refractivity contribution in [3.8, 4) is 12.3 Å². The Hall–Kier alpha value is -1.56. The monoisotopic (exact) mass is 176 g/mol. The van der Waals surface area contributed by atoms with E-state index in [2.05, 4.69) is 10.9 Å². The Morgan fingerprint density at radius 3 is 2.85 bits per heavy atom. The SMILES string of the molecule is C#CCCn1c(C)nc(C)cc1=O. The molecule has 68 valence electrons. The third kappa shape index (κ3) is 2.19. The maximum Gasteiger partial charge on any atom is 0.253 e. The molecule has 0 fully saturated rings. The maximum atomic E-state index is 11.4. The summed E-state index contributed by atoms with van der Waals surface area (Å²) in [5, 5.41) is 0. The second kappa shape index (κ2) is 3.90. The molecule has 0 radical (unpaired) electrons. The molecule has 0 aliphatic rings. The van der Waals surface area contributed by atoms with Crippen molar-refractivity contribution in [3.05, 3.63) is 27.9 Å². The number of rotatable bonds is 2. The Morgan fingerprint density at radius 2 is 2.31 bits per heavy atom. The molecule has 0 spiro atoms. The standard InChI is InChI=1S/C10H12N2O/c1-4-5-6-12-9(3)11-8(2)7-10(12)13/h1,7H,5-6H2,2-3H3. The van der Waals surface area contributed by atoms with Gasteiger partial charge in [-0.3, -0.25) is 9.36 Å². The minimum absolute atomic E-state index is 0.0275. The maximum absolute atomic E-state index is 11.4. The van der Waals surface area contributed by atoms with E-state index in [0.717, 1.165) is 11.5 Å². The predicted molar refractivity (Wildman–Crippen MR) is 51.4 cm³/mol. The molecule has 1 rings (SSSR count). The van der Waals surface area contributed by atoms with Crippen LogP contribution in [0.4, 0.5) is 0 Å². The van der Waals surface area contributed by atoms with Gasteiger partial charge in [0.05, 0.1) is 0 Å². The molecular weight excluding hydrogens is 164 g/mol. The van der Waals surface area contributed by atoms with E-state index in [1.807, 2.05) is 6.92 Å². The third-order valence-electron chi connectivity index (χ3n) is 1.81. The number of hydrogen-bond acceptors (Lipinski definition) is 2. The quantitative estimate of drug-likeness (QED) is 0.627. The van der Waals surface area contributed by atoms with E-state index in [0.29, 0.717) is 13.0 Å². The van der Waals surface area contributed by atoms with Crippen LogP contribution in [0.25, 0.3) is 0 Å². The summed E-state index contributed by atoms with van der Waals surface area (Å²) in [7, 11) is 0. The summed E-state index contributed by atoms with van der Waals surface area (Å²) in [5.41, 5.74) is 0.722. The fourth-order valence-corrected chi connectivity index (χ4v) is 1.21. The van der Waals surface area contributed by atoms with Crippen LogP contribution >= 0.6 is 0 Å². The van der Waals surface area contributed by atoms with E-state index in [-0.39, 0.29) is 5.56 Å². The van der Waals surface area contributed by atoms with E-state index in [4.69, 9.17) is 6.42 Å². The van der Waals surface area contributed by atoms with E-state index < -0.39 is 0 Å². The molecule has 0 amide bonds. The fraction of sp³-hybridized carbons (Fsp3) is 0.400. The average molecular weight is 176 g/mol. The molecule has 0 unspecified atom stereocenters. The van der Waals surface area contributed by atoms with Crippen LogP contribution in [0.3, 0.4) is 0 Å². The van der Waals surface area contributed by atoms with Gasteiger partial charge < -0.3 is 0 Å². The van der Waals surface area contributed by atoms with Gasteiger partial charge in [0, 0.05) is 24.7 Å². The van der Waals surface area contributed by atoms with E-state index in [9.17, 15) is 4.79 Å². The van der Waals surface area contributed by atoms with Gasteiger partial charge in [-0.05, 0) is 13.8 Å². The first kappa shape index (κ1) is 9.53. The molecule has 0 bridgehead atoms. The lowest BCUT2D eigenvalue weighted by atomic mass is 10.4. The van der Waals surface area contributed by atoms with Crippen LogP contribution < -0.4 is 5.56 Å². The van der Waals surface area contributed by atoms with Gasteiger partial charge in [0.1, 0.15) is 5.82 Å². The molecule has 0 aliphatic heterocycles.